The van der Waals surface area contributed by atoms with Gasteiger partial charge in [0.1, 0.15) is 5.54 Å². The number of esters is 1. The number of amidine groups is 1. The summed E-state index contributed by atoms with van der Waals surface area (Å²) in [5.41, 5.74) is 9.80. The Bertz CT molecular complexity index is 321. The molecule has 0 radical (unpaired) electrons. The van der Waals surface area contributed by atoms with E-state index in [1.54, 1.807) is 6.92 Å². The maximum absolute atomic E-state index is 13.3. The second-order valence-corrected chi connectivity index (χ2v) is 4.04. The summed E-state index contributed by atoms with van der Waals surface area (Å²) in [5, 5.41) is 0. The van der Waals surface area contributed by atoms with Crippen molar-refractivity contribution in [1.29, 1.82) is 0 Å². The molecule has 0 aliphatic carbocycles. The van der Waals surface area contributed by atoms with E-state index >= 15 is 0 Å². The minimum absolute atomic E-state index is 0.0707. The molecule has 6 heteroatoms. The van der Waals surface area contributed by atoms with E-state index in [1.165, 1.54) is 20.1 Å². The molecule has 0 aromatic carbocycles. The highest BCUT2D eigenvalue weighted by molar-refractivity contribution is 5.79. The largest absolute Gasteiger partial charge is 0.468 e. The summed E-state index contributed by atoms with van der Waals surface area (Å²) in [7, 11) is 1.25. The molecular weight excluding hydrogens is 225 g/mol. The van der Waals surface area contributed by atoms with Crippen LogP contribution >= 0.6 is 0 Å². The third-order valence-electron chi connectivity index (χ3n) is 2.19. The maximum atomic E-state index is 13.3. The zero-order chi connectivity index (χ0) is 13.5. The summed E-state index contributed by atoms with van der Waals surface area (Å²) >= 11 is 0. The van der Waals surface area contributed by atoms with E-state index in [4.69, 9.17) is 11.5 Å². The molecule has 98 valence electrons. The highest BCUT2D eigenvalue weighted by Gasteiger charge is 2.29. The molecule has 0 fully saturated rings. The van der Waals surface area contributed by atoms with E-state index in [0.29, 0.717) is 5.84 Å². The number of ether oxygens (including phenoxy) is 1. The molecular formula is C11H20FN3O2. The lowest BCUT2D eigenvalue weighted by Gasteiger charge is -2.20. The van der Waals surface area contributed by atoms with E-state index in [2.05, 4.69) is 9.73 Å². The van der Waals surface area contributed by atoms with Crippen LogP contribution in [0.5, 0.6) is 0 Å². The van der Waals surface area contributed by atoms with Gasteiger partial charge in [0.05, 0.1) is 25.3 Å². The van der Waals surface area contributed by atoms with Crippen molar-refractivity contribution in [2.75, 3.05) is 13.7 Å². The number of carbonyl (C=O) groups excluding carboxylic acids is 1. The molecule has 0 aromatic rings. The number of hydrogen-bond donors (Lipinski definition) is 2. The third-order valence-corrected chi connectivity index (χ3v) is 2.19. The molecule has 17 heavy (non-hydrogen) atoms. The molecule has 0 rings (SSSR count). The van der Waals surface area contributed by atoms with Crippen LogP contribution in [0, 0.1) is 0 Å². The summed E-state index contributed by atoms with van der Waals surface area (Å²) in [6, 6.07) is 0. The number of hydrogen-bond acceptors (Lipinski definition) is 4. The van der Waals surface area contributed by atoms with E-state index in [9.17, 15) is 9.18 Å². The van der Waals surface area contributed by atoms with Gasteiger partial charge in [-0.3, -0.25) is 9.79 Å². The van der Waals surface area contributed by atoms with E-state index in [0.717, 1.165) is 0 Å². The molecule has 0 saturated carbocycles. The molecule has 5 nitrogen and oxygen atoms in total. The fourth-order valence-electron chi connectivity index (χ4n) is 1.11. The summed E-state index contributed by atoms with van der Waals surface area (Å²) < 4.78 is 17.8. The Morgan fingerprint density at radius 3 is 2.65 bits per heavy atom. The second kappa shape index (κ2) is 7.01. The van der Waals surface area contributed by atoms with Crippen molar-refractivity contribution in [1.82, 2.24) is 0 Å². The Labute approximate surface area is 101 Å². The van der Waals surface area contributed by atoms with Crippen molar-refractivity contribution in [3.8, 4) is 0 Å². The van der Waals surface area contributed by atoms with Crippen LogP contribution < -0.4 is 11.5 Å². The lowest BCUT2D eigenvalue weighted by Crippen LogP contribution is -2.45. The molecule has 0 saturated heterocycles. The predicted octanol–water partition coefficient (Wildman–Crippen LogP) is 0.887. The first-order valence-corrected chi connectivity index (χ1v) is 5.28. The van der Waals surface area contributed by atoms with Crippen molar-refractivity contribution in [3.63, 3.8) is 0 Å². The van der Waals surface area contributed by atoms with Crippen molar-refractivity contribution in [3.05, 3.63) is 11.9 Å². The highest BCUT2D eigenvalue weighted by atomic mass is 19.1. The molecule has 0 aliphatic rings. The number of methoxy groups -OCH3 is 1. The Kier molecular flexibility index (Phi) is 6.42. The van der Waals surface area contributed by atoms with Gasteiger partial charge in [0, 0.05) is 6.42 Å². The standard InChI is InChI=1S/C11H20FN3O2/c1-8(13)15-7-5-9(12)4-6-11(2,14)10(16)17-3/h5H,4,6-7,14H2,1-3H3,(H2,13,15)/t11-/m1/s1. The predicted molar refractivity (Wildman–Crippen MR) is 65.2 cm³/mol. The van der Waals surface area contributed by atoms with Crippen molar-refractivity contribution < 1.29 is 13.9 Å². The van der Waals surface area contributed by atoms with Gasteiger partial charge in [-0.15, -0.1) is 0 Å². The van der Waals surface area contributed by atoms with Crippen LogP contribution in [0.25, 0.3) is 0 Å². The number of allylic oxidation sites excluding steroid dienone is 1. The van der Waals surface area contributed by atoms with Crippen LogP contribution in [-0.4, -0.2) is 31.0 Å². The van der Waals surface area contributed by atoms with Crippen molar-refractivity contribution in [2.45, 2.75) is 32.2 Å². The quantitative estimate of drug-likeness (QED) is 0.413. The van der Waals surface area contributed by atoms with Gasteiger partial charge in [-0.1, -0.05) is 0 Å². The SMILES string of the molecule is COC(=O)[C@](C)(N)CCC(F)=CCN=C(C)N. The van der Waals surface area contributed by atoms with Gasteiger partial charge in [0.2, 0.25) is 0 Å². The first-order chi connectivity index (χ1) is 7.79. The zero-order valence-corrected chi connectivity index (χ0v) is 10.5. The number of carbonyl (C=O) groups is 1. The number of aliphatic imine (C=N–C) groups is 1. The Morgan fingerprint density at radius 1 is 1.59 bits per heavy atom. The molecule has 0 amide bonds. The Balaban J connectivity index is 4.19. The summed E-state index contributed by atoms with van der Waals surface area (Å²) in [6.07, 6.45) is 1.55. The molecule has 1 atom stereocenters. The lowest BCUT2D eigenvalue weighted by molar-refractivity contribution is -0.146. The number of nitrogens with two attached hydrogens (primary N) is 2. The zero-order valence-electron chi connectivity index (χ0n) is 10.5. The van der Waals surface area contributed by atoms with Gasteiger partial charge in [0.25, 0.3) is 0 Å². The maximum Gasteiger partial charge on any atom is 0.325 e. The fraction of sp³-hybridized carbons (Fsp3) is 0.636. The topological polar surface area (TPSA) is 90.7 Å². The molecule has 0 unspecified atom stereocenters. The lowest BCUT2D eigenvalue weighted by atomic mass is 9.97. The van der Waals surface area contributed by atoms with Crippen molar-refractivity contribution in [2.24, 2.45) is 16.5 Å². The van der Waals surface area contributed by atoms with Crippen LogP contribution in [0.4, 0.5) is 4.39 Å². The van der Waals surface area contributed by atoms with Gasteiger partial charge in [-0.2, -0.15) is 0 Å². The van der Waals surface area contributed by atoms with Gasteiger partial charge < -0.3 is 16.2 Å². The minimum atomic E-state index is -1.17. The third kappa shape index (κ3) is 6.68. The monoisotopic (exact) mass is 245 g/mol. The minimum Gasteiger partial charge on any atom is -0.468 e. The van der Waals surface area contributed by atoms with Gasteiger partial charge in [0.15, 0.2) is 0 Å². The van der Waals surface area contributed by atoms with E-state index in [1.807, 2.05) is 0 Å². The summed E-state index contributed by atoms with van der Waals surface area (Å²) in [4.78, 5) is 15.0. The van der Waals surface area contributed by atoms with E-state index < -0.39 is 11.5 Å². The van der Waals surface area contributed by atoms with Crippen LogP contribution in [0.2, 0.25) is 0 Å². The number of halogens is 1. The van der Waals surface area contributed by atoms with Gasteiger partial charge in [-0.25, -0.2) is 4.39 Å². The van der Waals surface area contributed by atoms with Gasteiger partial charge in [-0.05, 0) is 26.3 Å². The smallest absolute Gasteiger partial charge is 0.325 e. The Morgan fingerprint density at radius 2 is 2.18 bits per heavy atom. The molecule has 0 aromatic heterocycles. The molecule has 4 N–H and O–H groups in total. The van der Waals surface area contributed by atoms with Crippen LogP contribution in [0.15, 0.2) is 16.9 Å². The Hall–Kier alpha value is -1.43. The fourth-order valence-corrected chi connectivity index (χ4v) is 1.11. The second-order valence-electron chi connectivity index (χ2n) is 4.04. The number of nitrogens with zero attached hydrogens (tertiary/aromatic N) is 1. The molecule has 0 aliphatic heterocycles. The first-order valence-electron chi connectivity index (χ1n) is 5.28. The average Bonchev–Trinajstić information content (AvgIpc) is 2.24. The van der Waals surface area contributed by atoms with Crippen molar-refractivity contribution >= 4 is 11.8 Å². The highest BCUT2D eigenvalue weighted by Crippen LogP contribution is 2.16. The molecule has 0 spiro atoms. The van der Waals surface area contributed by atoms with Crippen LogP contribution in [-0.2, 0) is 9.53 Å². The summed E-state index contributed by atoms with van der Waals surface area (Å²) in [6.45, 7) is 3.32. The molecule has 0 bridgehead atoms. The number of rotatable bonds is 6. The first kappa shape index (κ1) is 15.6. The van der Waals surface area contributed by atoms with Gasteiger partial charge >= 0.3 is 5.97 Å². The summed E-state index contributed by atoms with van der Waals surface area (Å²) in [5.74, 6) is -0.524. The van der Waals surface area contributed by atoms with E-state index in [-0.39, 0.29) is 25.2 Å². The normalized spacial score (nSPS) is 16.5. The van der Waals surface area contributed by atoms with Crippen LogP contribution in [0.3, 0.4) is 0 Å². The average molecular weight is 245 g/mol. The molecule has 0 heterocycles. The van der Waals surface area contributed by atoms with Crippen LogP contribution in [0.1, 0.15) is 26.7 Å².